The Kier molecular flexibility index (Phi) is 3.49. The quantitative estimate of drug-likeness (QED) is 0.347. The van der Waals surface area contributed by atoms with Crippen LogP contribution in [0, 0.1) is 0 Å². The van der Waals surface area contributed by atoms with Gasteiger partial charge < -0.3 is 4.57 Å². The van der Waals surface area contributed by atoms with Crippen LogP contribution in [0.2, 0.25) is 0 Å². The molecule has 0 fully saturated rings. The summed E-state index contributed by atoms with van der Waals surface area (Å²) < 4.78 is 4.39. The van der Waals surface area contributed by atoms with E-state index < -0.39 is 0 Å². The number of hydrogen-bond acceptors (Lipinski definition) is 3. The van der Waals surface area contributed by atoms with Crippen LogP contribution in [0.25, 0.3) is 55.2 Å². The lowest BCUT2D eigenvalue weighted by atomic mass is 10.1. The topological polar surface area (TPSA) is 48.5 Å². The van der Waals surface area contributed by atoms with Crippen molar-refractivity contribution in [1.29, 1.82) is 0 Å². The monoisotopic (exact) mass is 411 g/mol. The highest BCUT2D eigenvalue weighted by atomic mass is 15.2. The first-order chi connectivity index (χ1) is 15.9. The Labute approximate surface area is 183 Å². The Hall–Kier alpha value is -4.51. The maximum Gasteiger partial charge on any atom is 0.235 e. The molecule has 150 valence electrons. The molecule has 0 bridgehead atoms. The summed E-state index contributed by atoms with van der Waals surface area (Å²) in [5, 5.41) is 4.47. The van der Waals surface area contributed by atoms with E-state index in [1.165, 1.54) is 21.7 Å². The molecule has 3 aromatic carbocycles. The SMILES string of the molecule is c1ccc(-n2ccc3cc4c(cc32)c2ccccc2n4-c2ncc3cnccc3n2)cc1. The highest BCUT2D eigenvalue weighted by Gasteiger charge is 2.16. The van der Waals surface area contributed by atoms with Gasteiger partial charge in [0, 0.05) is 52.0 Å². The Morgan fingerprint density at radius 1 is 0.656 bits per heavy atom. The van der Waals surface area contributed by atoms with E-state index in [9.17, 15) is 0 Å². The van der Waals surface area contributed by atoms with E-state index in [0.29, 0.717) is 5.95 Å². The molecule has 32 heavy (non-hydrogen) atoms. The van der Waals surface area contributed by atoms with Crippen molar-refractivity contribution in [3.8, 4) is 11.6 Å². The van der Waals surface area contributed by atoms with Crippen molar-refractivity contribution in [2.45, 2.75) is 0 Å². The van der Waals surface area contributed by atoms with E-state index in [1.54, 1.807) is 12.4 Å². The van der Waals surface area contributed by atoms with Crippen molar-refractivity contribution in [3.05, 3.63) is 104 Å². The van der Waals surface area contributed by atoms with Gasteiger partial charge >= 0.3 is 0 Å². The molecule has 0 saturated heterocycles. The van der Waals surface area contributed by atoms with Crippen LogP contribution in [0.3, 0.4) is 0 Å². The largest absolute Gasteiger partial charge is 0.317 e. The minimum absolute atomic E-state index is 0.664. The molecule has 0 N–H and O–H groups in total. The van der Waals surface area contributed by atoms with E-state index in [-0.39, 0.29) is 0 Å². The Morgan fingerprint density at radius 3 is 2.47 bits per heavy atom. The van der Waals surface area contributed by atoms with Gasteiger partial charge in [-0.2, -0.15) is 0 Å². The Morgan fingerprint density at radius 2 is 1.53 bits per heavy atom. The zero-order valence-corrected chi connectivity index (χ0v) is 17.1. The average Bonchev–Trinajstić information content (AvgIpc) is 3.41. The highest BCUT2D eigenvalue weighted by molar-refractivity contribution is 6.13. The molecule has 5 heteroatoms. The molecule has 0 saturated carbocycles. The maximum atomic E-state index is 4.86. The molecular formula is C27H17N5. The summed E-state index contributed by atoms with van der Waals surface area (Å²) in [4.78, 5) is 13.7. The molecule has 0 aliphatic rings. The summed E-state index contributed by atoms with van der Waals surface area (Å²) in [6, 6.07) is 27.5. The predicted molar refractivity (Wildman–Crippen MR) is 129 cm³/mol. The standard InChI is InChI=1S/C27H17N5/c1-2-6-20(7-3-1)31-13-11-18-14-26-22(15-25(18)31)21-8-4-5-9-24(21)32(26)27-29-17-19-16-28-12-10-23(19)30-27/h1-17H. The van der Waals surface area contributed by atoms with E-state index in [2.05, 4.69) is 92.0 Å². The fourth-order valence-electron chi connectivity index (χ4n) is 4.60. The van der Waals surface area contributed by atoms with Gasteiger partial charge in [-0.1, -0.05) is 36.4 Å². The van der Waals surface area contributed by atoms with Crippen molar-refractivity contribution in [1.82, 2.24) is 24.1 Å². The smallest absolute Gasteiger partial charge is 0.235 e. The summed E-state index contributed by atoms with van der Waals surface area (Å²) >= 11 is 0. The predicted octanol–water partition coefficient (Wildman–Crippen LogP) is 6.07. The third-order valence-electron chi connectivity index (χ3n) is 6.09. The van der Waals surface area contributed by atoms with E-state index in [0.717, 1.165) is 27.6 Å². The molecule has 0 spiro atoms. The normalized spacial score (nSPS) is 11.8. The summed E-state index contributed by atoms with van der Waals surface area (Å²) in [5.41, 5.74) is 5.40. The number of fused-ring (bicyclic) bond motifs is 5. The van der Waals surface area contributed by atoms with E-state index in [4.69, 9.17) is 4.98 Å². The minimum Gasteiger partial charge on any atom is -0.317 e. The molecule has 4 aromatic heterocycles. The van der Waals surface area contributed by atoms with Crippen LogP contribution >= 0.6 is 0 Å². The Bertz CT molecular complexity index is 1780. The van der Waals surface area contributed by atoms with Crippen LogP contribution < -0.4 is 0 Å². The lowest BCUT2D eigenvalue weighted by Crippen LogP contribution is -2.01. The van der Waals surface area contributed by atoms with Crippen LogP contribution in [0.1, 0.15) is 0 Å². The third-order valence-corrected chi connectivity index (χ3v) is 6.09. The zero-order valence-electron chi connectivity index (χ0n) is 17.1. The first-order valence-electron chi connectivity index (χ1n) is 10.5. The fourth-order valence-corrected chi connectivity index (χ4v) is 4.60. The molecule has 0 radical (unpaired) electrons. The number of para-hydroxylation sites is 2. The molecule has 7 rings (SSSR count). The van der Waals surface area contributed by atoms with Crippen molar-refractivity contribution >= 4 is 43.6 Å². The van der Waals surface area contributed by atoms with Gasteiger partial charge in [0.2, 0.25) is 5.95 Å². The number of benzene rings is 3. The first kappa shape index (κ1) is 17.2. The van der Waals surface area contributed by atoms with Gasteiger partial charge in [0.15, 0.2) is 0 Å². The number of pyridine rings is 1. The number of nitrogens with zero attached hydrogens (tertiary/aromatic N) is 5. The average molecular weight is 411 g/mol. The van der Waals surface area contributed by atoms with Crippen LogP contribution in [-0.4, -0.2) is 24.1 Å². The minimum atomic E-state index is 0.664. The van der Waals surface area contributed by atoms with Gasteiger partial charge in [0.1, 0.15) is 0 Å². The van der Waals surface area contributed by atoms with Crippen LogP contribution in [0.4, 0.5) is 0 Å². The highest BCUT2D eigenvalue weighted by Crippen LogP contribution is 2.35. The van der Waals surface area contributed by atoms with Gasteiger partial charge in [-0.15, -0.1) is 0 Å². The molecule has 5 nitrogen and oxygen atoms in total. The van der Waals surface area contributed by atoms with Crippen molar-refractivity contribution in [2.75, 3.05) is 0 Å². The van der Waals surface area contributed by atoms with Crippen molar-refractivity contribution < 1.29 is 0 Å². The number of hydrogen-bond donors (Lipinski definition) is 0. The third kappa shape index (κ3) is 2.42. The molecule has 0 aliphatic heterocycles. The van der Waals surface area contributed by atoms with Crippen molar-refractivity contribution in [2.24, 2.45) is 0 Å². The Balaban J connectivity index is 1.57. The molecule has 0 amide bonds. The van der Waals surface area contributed by atoms with Crippen LogP contribution in [-0.2, 0) is 0 Å². The van der Waals surface area contributed by atoms with Gasteiger partial charge in [0.25, 0.3) is 0 Å². The second-order valence-corrected chi connectivity index (χ2v) is 7.91. The van der Waals surface area contributed by atoms with Gasteiger partial charge in [-0.05, 0) is 42.5 Å². The second-order valence-electron chi connectivity index (χ2n) is 7.91. The van der Waals surface area contributed by atoms with Gasteiger partial charge in [0.05, 0.1) is 22.1 Å². The lowest BCUT2D eigenvalue weighted by Gasteiger charge is -2.08. The summed E-state index contributed by atoms with van der Waals surface area (Å²) in [5.74, 6) is 0.664. The van der Waals surface area contributed by atoms with Crippen LogP contribution in [0.5, 0.6) is 0 Å². The molecular weight excluding hydrogens is 394 g/mol. The zero-order chi connectivity index (χ0) is 21.1. The van der Waals surface area contributed by atoms with Gasteiger partial charge in [-0.3, -0.25) is 9.55 Å². The molecule has 4 heterocycles. The lowest BCUT2D eigenvalue weighted by molar-refractivity contribution is 1.01. The number of aromatic nitrogens is 5. The fraction of sp³-hybridized carbons (Fsp3) is 0. The summed E-state index contributed by atoms with van der Waals surface area (Å²) in [6.07, 6.45) is 7.53. The van der Waals surface area contributed by atoms with E-state index >= 15 is 0 Å². The molecule has 0 atom stereocenters. The molecule has 0 aliphatic carbocycles. The summed E-state index contributed by atoms with van der Waals surface area (Å²) in [6.45, 7) is 0. The van der Waals surface area contributed by atoms with Crippen molar-refractivity contribution in [3.63, 3.8) is 0 Å². The number of rotatable bonds is 2. The van der Waals surface area contributed by atoms with Gasteiger partial charge in [-0.25, -0.2) is 9.97 Å². The van der Waals surface area contributed by atoms with E-state index in [1.807, 2.05) is 18.3 Å². The maximum absolute atomic E-state index is 4.86. The molecule has 0 unspecified atom stereocenters. The molecule has 7 aromatic rings. The van der Waals surface area contributed by atoms with Crippen LogP contribution in [0.15, 0.2) is 104 Å². The first-order valence-corrected chi connectivity index (χ1v) is 10.5. The second kappa shape index (κ2) is 6.49. The summed E-state index contributed by atoms with van der Waals surface area (Å²) in [7, 11) is 0.